The number of carbonyl (C=O) groups excluding carboxylic acids is 3. The maximum absolute atomic E-state index is 12.3. The van der Waals surface area contributed by atoms with Gasteiger partial charge in [-0.3, -0.25) is 14.4 Å². The van der Waals surface area contributed by atoms with E-state index in [0.29, 0.717) is 24.8 Å². The Kier molecular flexibility index (Phi) is 5.30. The topological polar surface area (TPSA) is 78.9 Å². The first-order valence-electron chi connectivity index (χ1n) is 6.39. The quantitative estimate of drug-likeness (QED) is 0.255. The van der Waals surface area contributed by atoms with Gasteiger partial charge in [0.2, 0.25) is 0 Å². The molecule has 6 heteroatoms. The van der Waals surface area contributed by atoms with E-state index in [2.05, 4.69) is 6.58 Å². The Morgan fingerprint density at radius 3 is 2.05 bits per heavy atom. The molecule has 20 heavy (non-hydrogen) atoms. The molecule has 0 spiro atoms. The molecule has 1 rings (SSSR count). The summed E-state index contributed by atoms with van der Waals surface area (Å²) in [7, 11) is 3.55. The summed E-state index contributed by atoms with van der Waals surface area (Å²) in [6, 6.07) is 0. The zero-order chi connectivity index (χ0) is 15.3. The summed E-state index contributed by atoms with van der Waals surface area (Å²) >= 11 is 0. The van der Waals surface area contributed by atoms with Crippen molar-refractivity contribution in [3.63, 3.8) is 0 Å². The number of hydrogen-bond acceptors (Lipinski definition) is 6. The number of esters is 3. The van der Waals surface area contributed by atoms with Gasteiger partial charge in [0.15, 0.2) is 5.41 Å². The molecule has 0 aliphatic heterocycles. The monoisotopic (exact) mass is 284 g/mol. The van der Waals surface area contributed by atoms with Crippen molar-refractivity contribution in [1.29, 1.82) is 0 Å². The summed E-state index contributed by atoms with van der Waals surface area (Å²) in [5.74, 6) is -3.26. The van der Waals surface area contributed by atoms with Crippen LogP contribution in [0.4, 0.5) is 0 Å². The Morgan fingerprint density at radius 1 is 1.05 bits per heavy atom. The maximum Gasteiger partial charge on any atom is 0.328 e. The van der Waals surface area contributed by atoms with Crippen molar-refractivity contribution < 1.29 is 28.6 Å². The lowest BCUT2D eigenvalue weighted by molar-refractivity contribution is -0.177. The van der Waals surface area contributed by atoms with E-state index in [1.54, 1.807) is 0 Å². The first-order chi connectivity index (χ1) is 9.46. The molecule has 1 atom stereocenters. The minimum atomic E-state index is -1.81. The Morgan fingerprint density at radius 2 is 1.60 bits per heavy atom. The molecule has 112 valence electrons. The summed E-state index contributed by atoms with van der Waals surface area (Å²) < 4.78 is 14.3. The third kappa shape index (κ3) is 2.42. The second-order valence-electron chi connectivity index (χ2n) is 4.72. The normalized spacial score (nSPS) is 21.6. The van der Waals surface area contributed by atoms with Crippen LogP contribution in [0, 0.1) is 11.3 Å². The van der Waals surface area contributed by atoms with E-state index in [1.807, 2.05) is 0 Å². The van der Waals surface area contributed by atoms with Crippen LogP contribution >= 0.6 is 0 Å². The SMILES string of the molecule is C=C1CCCC[C@@H](C(=O)OC)C1(C(=O)OC)C(=O)OC. The number of rotatable bonds is 3. The van der Waals surface area contributed by atoms with Crippen molar-refractivity contribution in [3.05, 3.63) is 12.2 Å². The van der Waals surface area contributed by atoms with Gasteiger partial charge in [0.05, 0.1) is 27.2 Å². The van der Waals surface area contributed by atoms with Crippen LogP contribution in [-0.4, -0.2) is 39.2 Å². The lowest BCUT2D eigenvalue weighted by Crippen LogP contribution is -2.51. The van der Waals surface area contributed by atoms with Crippen LogP contribution in [0.25, 0.3) is 0 Å². The highest BCUT2D eigenvalue weighted by Crippen LogP contribution is 2.45. The predicted molar refractivity (Wildman–Crippen MR) is 69.6 cm³/mol. The van der Waals surface area contributed by atoms with E-state index < -0.39 is 29.2 Å². The molecule has 0 radical (unpaired) electrons. The van der Waals surface area contributed by atoms with Crippen LogP contribution in [0.1, 0.15) is 25.7 Å². The van der Waals surface area contributed by atoms with E-state index in [-0.39, 0.29) is 0 Å². The van der Waals surface area contributed by atoms with E-state index in [4.69, 9.17) is 14.2 Å². The van der Waals surface area contributed by atoms with Crippen LogP contribution < -0.4 is 0 Å². The van der Waals surface area contributed by atoms with Gasteiger partial charge in [-0.25, -0.2) is 0 Å². The van der Waals surface area contributed by atoms with Crippen molar-refractivity contribution >= 4 is 17.9 Å². The van der Waals surface area contributed by atoms with Gasteiger partial charge in [-0.15, -0.1) is 0 Å². The van der Waals surface area contributed by atoms with Gasteiger partial charge in [-0.05, 0) is 24.8 Å². The average Bonchev–Trinajstić information content (AvgIpc) is 2.64. The summed E-state index contributed by atoms with van der Waals surface area (Å²) in [6.45, 7) is 3.82. The third-order valence-electron chi connectivity index (χ3n) is 3.80. The summed E-state index contributed by atoms with van der Waals surface area (Å²) in [4.78, 5) is 36.6. The van der Waals surface area contributed by atoms with Gasteiger partial charge in [-0.2, -0.15) is 0 Å². The zero-order valence-electron chi connectivity index (χ0n) is 12.1. The van der Waals surface area contributed by atoms with Crippen LogP contribution in [0.15, 0.2) is 12.2 Å². The Hall–Kier alpha value is -1.85. The molecular formula is C14H20O6. The van der Waals surface area contributed by atoms with Crippen LogP contribution in [0.3, 0.4) is 0 Å². The maximum atomic E-state index is 12.3. The van der Waals surface area contributed by atoms with Gasteiger partial charge in [-0.1, -0.05) is 13.0 Å². The largest absolute Gasteiger partial charge is 0.469 e. The standard InChI is InChI=1S/C14H20O6/c1-9-7-5-6-8-10(11(15)18-2)14(9,12(16)19-3)13(17)20-4/h10H,1,5-8H2,2-4H3/t10-/m0/s1. The minimum absolute atomic E-state index is 0.337. The van der Waals surface area contributed by atoms with Gasteiger partial charge >= 0.3 is 17.9 Å². The molecule has 6 nitrogen and oxygen atoms in total. The lowest BCUT2D eigenvalue weighted by atomic mass is 9.69. The smallest absolute Gasteiger partial charge is 0.328 e. The highest BCUT2D eigenvalue weighted by atomic mass is 16.5. The molecule has 0 bridgehead atoms. The van der Waals surface area contributed by atoms with Gasteiger partial charge in [0.1, 0.15) is 0 Å². The molecule has 0 aromatic heterocycles. The molecule has 0 amide bonds. The Labute approximate surface area is 118 Å². The van der Waals surface area contributed by atoms with Crippen molar-refractivity contribution in [2.75, 3.05) is 21.3 Å². The molecular weight excluding hydrogens is 264 g/mol. The molecule has 0 unspecified atom stereocenters. The lowest BCUT2D eigenvalue weighted by Gasteiger charge is -2.34. The molecule has 0 N–H and O–H groups in total. The first-order valence-corrected chi connectivity index (χ1v) is 6.39. The average molecular weight is 284 g/mol. The third-order valence-corrected chi connectivity index (χ3v) is 3.80. The number of carbonyl (C=O) groups is 3. The molecule has 0 heterocycles. The number of ether oxygens (including phenoxy) is 3. The van der Waals surface area contributed by atoms with E-state index in [0.717, 1.165) is 6.42 Å². The van der Waals surface area contributed by atoms with E-state index in [1.165, 1.54) is 21.3 Å². The van der Waals surface area contributed by atoms with Gasteiger partial charge < -0.3 is 14.2 Å². The number of hydrogen-bond donors (Lipinski definition) is 0. The fraction of sp³-hybridized carbons (Fsp3) is 0.643. The second-order valence-corrected chi connectivity index (χ2v) is 4.72. The van der Waals surface area contributed by atoms with E-state index in [9.17, 15) is 14.4 Å². The molecule has 1 aliphatic carbocycles. The zero-order valence-corrected chi connectivity index (χ0v) is 12.1. The van der Waals surface area contributed by atoms with Gasteiger partial charge in [0.25, 0.3) is 0 Å². The minimum Gasteiger partial charge on any atom is -0.469 e. The Bertz CT molecular complexity index is 409. The predicted octanol–water partition coefficient (Wildman–Crippen LogP) is 1.24. The van der Waals surface area contributed by atoms with Crippen molar-refractivity contribution in [2.45, 2.75) is 25.7 Å². The van der Waals surface area contributed by atoms with Gasteiger partial charge in [0, 0.05) is 0 Å². The molecule has 0 aromatic carbocycles. The van der Waals surface area contributed by atoms with Crippen molar-refractivity contribution in [2.24, 2.45) is 11.3 Å². The van der Waals surface area contributed by atoms with Crippen molar-refractivity contribution in [3.8, 4) is 0 Å². The summed E-state index contributed by atoms with van der Waals surface area (Å²) in [5, 5.41) is 0. The molecule has 0 saturated heterocycles. The fourth-order valence-electron chi connectivity index (χ4n) is 2.76. The molecule has 1 aliphatic rings. The Balaban J connectivity index is 3.48. The van der Waals surface area contributed by atoms with E-state index >= 15 is 0 Å². The highest BCUT2D eigenvalue weighted by Gasteiger charge is 2.60. The fourth-order valence-corrected chi connectivity index (χ4v) is 2.76. The van der Waals surface area contributed by atoms with Crippen LogP contribution in [0.2, 0.25) is 0 Å². The highest BCUT2D eigenvalue weighted by molar-refractivity contribution is 6.07. The molecule has 1 fully saturated rings. The summed E-state index contributed by atoms with van der Waals surface area (Å²) in [6.07, 6.45) is 2.23. The van der Waals surface area contributed by atoms with Crippen LogP contribution in [0.5, 0.6) is 0 Å². The number of methoxy groups -OCH3 is 3. The van der Waals surface area contributed by atoms with Crippen LogP contribution in [-0.2, 0) is 28.6 Å². The molecule has 0 aromatic rings. The second kappa shape index (κ2) is 6.54. The first kappa shape index (κ1) is 16.2. The van der Waals surface area contributed by atoms with Crippen molar-refractivity contribution in [1.82, 2.24) is 0 Å². The molecule has 1 saturated carbocycles. The summed E-state index contributed by atoms with van der Waals surface area (Å²) in [5.41, 5.74) is -1.48.